The summed E-state index contributed by atoms with van der Waals surface area (Å²) in [6, 6.07) is 20.4. The standard InChI is InChI=1S/C24H23NO4S2/c26-24(27)21(17-18-9-11-20(12-10-18)19-7-3-1-4-8-19)22-13-14-23(30-22)31(28,29)25-15-5-2-6-16-25/h1,3-4,7-14,17H,2,5-6,15-16H2,(H,26,27)/p-1/b21-17-. The average Bonchev–Trinajstić information content (AvgIpc) is 3.30. The number of benzene rings is 2. The van der Waals surface area contributed by atoms with E-state index < -0.39 is 16.0 Å². The molecule has 5 nitrogen and oxygen atoms in total. The Morgan fingerprint density at radius 3 is 2.16 bits per heavy atom. The van der Waals surface area contributed by atoms with Gasteiger partial charge in [0.25, 0.3) is 10.0 Å². The summed E-state index contributed by atoms with van der Waals surface area (Å²) in [7, 11) is -3.60. The van der Waals surface area contributed by atoms with E-state index in [9.17, 15) is 18.3 Å². The van der Waals surface area contributed by atoms with E-state index in [1.54, 1.807) is 6.07 Å². The van der Waals surface area contributed by atoms with Gasteiger partial charge in [0.2, 0.25) is 0 Å². The van der Waals surface area contributed by atoms with E-state index in [0.717, 1.165) is 41.7 Å². The molecule has 3 aromatic rings. The second-order valence-electron chi connectivity index (χ2n) is 7.42. The Morgan fingerprint density at radius 1 is 0.871 bits per heavy atom. The molecule has 0 radical (unpaired) electrons. The first-order chi connectivity index (χ1) is 14.9. The summed E-state index contributed by atoms with van der Waals surface area (Å²) in [4.78, 5) is 12.2. The SMILES string of the molecule is O=C([O-])/C(=C\c1ccc(-c2ccccc2)cc1)c1ccc(S(=O)(=O)N2CCCCC2)s1. The Morgan fingerprint density at radius 2 is 1.52 bits per heavy atom. The number of carboxylic acids is 1. The Labute approximate surface area is 186 Å². The minimum absolute atomic E-state index is 0.0300. The number of carbonyl (C=O) groups excluding carboxylic acids is 1. The van der Waals surface area contributed by atoms with Crippen LogP contribution in [0.1, 0.15) is 29.7 Å². The van der Waals surface area contributed by atoms with Gasteiger partial charge >= 0.3 is 0 Å². The predicted octanol–water partition coefficient (Wildman–Crippen LogP) is 3.88. The zero-order valence-electron chi connectivity index (χ0n) is 16.9. The Bertz CT molecular complexity index is 1190. The van der Waals surface area contributed by atoms with Crippen molar-refractivity contribution in [1.29, 1.82) is 0 Å². The molecule has 0 unspecified atom stereocenters. The van der Waals surface area contributed by atoms with Crippen LogP contribution in [0.15, 0.2) is 70.9 Å². The van der Waals surface area contributed by atoms with E-state index in [1.807, 2.05) is 54.6 Å². The maximum absolute atomic E-state index is 12.9. The molecule has 4 rings (SSSR count). The molecule has 0 aliphatic carbocycles. The summed E-state index contributed by atoms with van der Waals surface area (Å²) in [5.74, 6) is -1.34. The second kappa shape index (κ2) is 9.18. The highest BCUT2D eigenvalue weighted by atomic mass is 32.2. The highest BCUT2D eigenvalue weighted by Crippen LogP contribution is 2.32. The lowest BCUT2D eigenvalue weighted by molar-refractivity contribution is -0.295. The molecule has 0 bridgehead atoms. The first-order valence-electron chi connectivity index (χ1n) is 10.1. The van der Waals surface area contributed by atoms with E-state index in [4.69, 9.17) is 0 Å². The zero-order valence-corrected chi connectivity index (χ0v) is 18.5. The lowest BCUT2D eigenvalue weighted by Crippen LogP contribution is -2.35. The van der Waals surface area contributed by atoms with Gasteiger partial charge in [0.05, 0.1) is 5.97 Å². The van der Waals surface area contributed by atoms with Crippen LogP contribution in [0.2, 0.25) is 0 Å². The molecule has 0 amide bonds. The van der Waals surface area contributed by atoms with Crippen LogP contribution in [0.5, 0.6) is 0 Å². The number of hydrogen-bond donors (Lipinski definition) is 0. The van der Waals surface area contributed by atoms with Gasteiger partial charge in [0.1, 0.15) is 4.21 Å². The normalized spacial score (nSPS) is 15.7. The van der Waals surface area contributed by atoms with Crippen LogP contribution in [-0.2, 0) is 14.8 Å². The molecule has 1 aromatic heterocycles. The van der Waals surface area contributed by atoms with Crippen LogP contribution >= 0.6 is 11.3 Å². The lowest BCUT2D eigenvalue weighted by Gasteiger charge is -2.25. The number of carbonyl (C=O) groups is 1. The van der Waals surface area contributed by atoms with Crippen molar-refractivity contribution in [3.8, 4) is 11.1 Å². The Kier molecular flexibility index (Phi) is 6.36. The molecule has 0 saturated carbocycles. The van der Waals surface area contributed by atoms with E-state index >= 15 is 0 Å². The number of hydrogen-bond acceptors (Lipinski definition) is 5. The van der Waals surface area contributed by atoms with Crippen LogP contribution in [0.25, 0.3) is 22.8 Å². The minimum Gasteiger partial charge on any atom is -0.545 e. The molecule has 2 aromatic carbocycles. The van der Waals surface area contributed by atoms with Crippen LogP contribution in [-0.4, -0.2) is 31.8 Å². The molecule has 1 saturated heterocycles. The fourth-order valence-corrected chi connectivity index (χ4v) is 6.62. The molecule has 0 spiro atoms. The van der Waals surface area contributed by atoms with Gasteiger partial charge < -0.3 is 9.90 Å². The maximum Gasteiger partial charge on any atom is 0.252 e. The van der Waals surface area contributed by atoms with Crippen LogP contribution < -0.4 is 5.11 Å². The molecule has 1 aliphatic rings. The molecular formula is C24H22NO4S2-. The monoisotopic (exact) mass is 452 g/mol. The third-order valence-corrected chi connectivity index (χ3v) is 8.79. The fraction of sp³-hybridized carbons (Fsp3) is 0.208. The summed E-state index contributed by atoms with van der Waals surface area (Å²) in [5, 5.41) is 11.8. The molecule has 1 fully saturated rings. The third-order valence-electron chi connectivity index (χ3n) is 5.30. The van der Waals surface area contributed by atoms with Crippen LogP contribution in [0.4, 0.5) is 0 Å². The molecule has 31 heavy (non-hydrogen) atoms. The van der Waals surface area contributed by atoms with Crippen molar-refractivity contribution in [2.45, 2.75) is 23.5 Å². The zero-order chi connectivity index (χ0) is 21.8. The van der Waals surface area contributed by atoms with E-state index in [2.05, 4.69) is 0 Å². The van der Waals surface area contributed by atoms with E-state index in [0.29, 0.717) is 23.5 Å². The van der Waals surface area contributed by atoms with E-state index in [1.165, 1.54) is 16.4 Å². The fourth-order valence-electron chi connectivity index (χ4n) is 3.64. The van der Waals surface area contributed by atoms with Gasteiger partial charge in [-0.1, -0.05) is 61.0 Å². The number of aliphatic carboxylic acids is 1. The van der Waals surface area contributed by atoms with E-state index in [-0.39, 0.29) is 9.78 Å². The van der Waals surface area contributed by atoms with Gasteiger partial charge in [-0.15, -0.1) is 11.3 Å². The molecule has 7 heteroatoms. The highest BCUT2D eigenvalue weighted by molar-refractivity contribution is 7.91. The molecule has 2 heterocycles. The average molecular weight is 453 g/mol. The first kappa shape index (κ1) is 21.5. The van der Waals surface area contributed by atoms with Crippen molar-refractivity contribution in [2.24, 2.45) is 0 Å². The largest absolute Gasteiger partial charge is 0.545 e. The van der Waals surface area contributed by atoms with Crippen molar-refractivity contribution < 1.29 is 18.3 Å². The third kappa shape index (κ3) is 4.79. The summed E-state index contributed by atoms with van der Waals surface area (Å²) in [6.07, 6.45) is 4.25. The molecule has 1 aliphatic heterocycles. The highest BCUT2D eigenvalue weighted by Gasteiger charge is 2.27. The first-order valence-corrected chi connectivity index (χ1v) is 12.4. The summed E-state index contributed by atoms with van der Waals surface area (Å²) < 4.78 is 27.4. The van der Waals surface area contributed by atoms with Crippen molar-refractivity contribution in [3.05, 3.63) is 77.2 Å². The smallest absolute Gasteiger partial charge is 0.252 e. The molecule has 0 N–H and O–H groups in total. The topological polar surface area (TPSA) is 77.5 Å². The van der Waals surface area contributed by atoms with Crippen LogP contribution in [0, 0.1) is 0 Å². The number of piperidine rings is 1. The summed E-state index contributed by atoms with van der Waals surface area (Å²) >= 11 is 0.970. The second-order valence-corrected chi connectivity index (χ2v) is 10.7. The summed E-state index contributed by atoms with van der Waals surface area (Å²) in [5.41, 5.74) is 2.77. The van der Waals surface area contributed by atoms with Gasteiger partial charge in [0.15, 0.2) is 0 Å². The molecular weight excluding hydrogens is 430 g/mol. The van der Waals surface area contributed by atoms with Crippen LogP contribution in [0.3, 0.4) is 0 Å². The minimum atomic E-state index is -3.60. The number of nitrogens with zero attached hydrogens (tertiary/aromatic N) is 1. The van der Waals surface area contributed by atoms with Gasteiger partial charge in [-0.2, -0.15) is 4.31 Å². The quantitative estimate of drug-likeness (QED) is 0.532. The van der Waals surface area contributed by atoms with Gasteiger partial charge in [-0.25, -0.2) is 8.42 Å². The van der Waals surface area contributed by atoms with Crippen molar-refractivity contribution in [3.63, 3.8) is 0 Å². The molecule has 0 atom stereocenters. The molecule has 160 valence electrons. The number of carboxylic acid groups (broad SMARTS) is 1. The number of sulfonamides is 1. The van der Waals surface area contributed by atoms with Crippen molar-refractivity contribution in [1.82, 2.24) is 4.31 Å². The predicted molar refractivity (Wildman–Crippen MR) is 122 cm³/mol. The Hall–Kier alpha value is -2.74. The number of thiophene rings is 1. The van der Waals surface area contributed by atoms with Gasteiger partial charge in [-0.3, -0.25) is 0 Å². The summed E-state index contributed by atoms with van der Waals surface area (Å²) in [6.45, 7) is 1.01. The maximum atomic E-state index is 12.9. The van der Waals surface area contributed by atoms with Crippen molar-refractivity contribution in [2.75, 3.05) is 13.1 Å². The van der Waals surface area contributed by atoms with Gasteiger partial charge in [-0.05, 0) is 47.7 Å². The Balaban J connectivity index is 1.61. The van der Waals surface area contributed by atoms with Gasteiger partial charge in [0, 0.05) is 23.5 Å². The lowest BCUT2D eigenvalue weighted by atomic mass is 10.0. The van der Waals surface area contributed by atoms with Crippen molar-refractivity contribution >= 4 is 39.0 Å². The number of rotatable bonds is 6.